The van der Waals surface area contributed by atoms with Crippen molar-refractivity contribution in [2.75, 3.05) is 6.61 Å². The van der Waals surface area contributed by atoms with Crippen molar-refractivity contribution in [3.8, 4) is 5.75 Å². The molecule has 4 nitrogen and oxygen atoms in total. The molecule has 0 spiro atoms. The Morgan fingerprint density at radius 2 is 2.05 bits per heavy atom. The van der Waals surface area contributed by atoms with Crippen LogP contribution < -0.4 is 4.74 Å². The minimum Gasteiger partial charge on any atom is -0.493 e. The molecule has 21 heavy (non-hydrogen) atoms. The van der Waals surface area contributed by atoms with Crippen LogP contribution in [0.2, 0.25) is 5.02 Å². The second kappa shape index (κ2) is 6.94. The summed E-state index contributed by atoms with van der Waals surface area (Å²) in [7, 11) is 1.88. The lowest BCUT2D eigenvalue weighted by molar-refractivity contribution is 0.313. The lowest BCUT2D eigenvalue weighted by Crippen LogP contribution is -2.04. The van der Waals surface area contributed by atoms with E-state index in [4.69, 9.17) is 16.3 Å². The highest BCUT2D eigenvalue weighted by Gasteiger charge is 2.14. The Morgan fingerprint density at radius 1 is 1.29 bits per heavy atom. The van der Waals surface area contributed by atoms with Gasteiger partial charge in [0.25, 0.3) is 0 Å². The first-order valence-electron chi connectivity index (χ1n) is 7.29. The normalized spacial score (nSPS) is 10.9. The van der Waals surface area contributed by atoms with Crippen molar-refractivity contribution in [2.45, 2.75) is 40.0 Å². The van der Waals surface area contributed by atoms with Gasteiger partial charge in [-0.25, -0.2) is 0 Å². The van der Waals surface area contributed by atoms with E-state index in [0.29, 0.717) is 0 Å². The Morgan fingerprint density at radius 3 is 2.67 bits per heavy atom. The Balaban J connectivity index is 2.24. The van der Waals surface area contributed by atoms with Gasteiger partial charge in [0.05, 0.1) is 12.3 Å². The Hall–Kier alpha value is -1.55. The molecule has 0 radical (unpaired) electrons. The highest BCUT2D eigenvalue weighted by Crippen LogP contribution is 2.32. The van der Waals surface area contributed by atoms with Gasteiger partial charge in [0.1, 0.15) is 5.75 Å². The lowest BCUT2D eigenvalue weighted by atomic mass is 9.99. The summed E-state index contributed by atoms with van der Waals surface area (Å²) in [6, 6.07) is 2.04. The molecular weight excluding hydrogens is 286 g/mol. The predicted molar refractivity (Wildman–Crippen MR) is 85.1 cm³/mol. The average Bonchev–Trinajstić information content (AvgIpc) is 2.87. The maximum absolute atomic E-state index is 6.39. The number of nitrogens with zero attached hydrogens (tertiary/aromatic N) is 3. The van der Waals surface area contributed by atoms with Crippen LogP contribution in [0.15, 0.2) is 12.3 Å². The molecule has 0 bridgehead atoms. The molecule has 0 aliphatic heterocycles. The molecule has 0 N–H and O–H groups in total. The van der Waals surface area contributed by atoms with Crippen LogP contribution >= 0.6 is 11.6 Å². The highest BCUT2D eigenvalue weighted by molar-refractivity contribution is 6.32. The molecule has 0 fully saturated rings. The Labute approximate surface area is 131 Å². The van der Waals surface area contributed by atoms with E-state index in [1.54, 1.807) is 4.68 Å². The highest BCUT2D eigenvalue weighted by atomic mass is 35.5. The third-order valence-corrected chi connectivity index (χ3v) is 4.10. The van der Waals surface area contributed by atoms with Gasteiger partial charge < -0.3 is 4.74 Å². The van der Waals surface area contributed by atoms with E-state index in [-0.39, 0.29) is 0 Å². The first-order chi connectivity index (χ1) is 10.0. The minimum atomic E-state index is 0.721. The van der Waals surface area contributed by atoms with Crippen LogP contribution in [0.4, 0.5) is 0 Å². The zero-order chi connectivity index (χ0) is 15.4. The summed E-state index contributed by atoms with van der Waals surface area (Å²) in [5.41, 5.74) is 4.31. The fourth-order valence-corrected chi connectivity index (χ4v) is 2.54. The molecule has 0 amide bonds. The summed E-state index contributed by atoms with van der Waals surface area (Å²) < 4.78 is 7.62. The van der Waals surface area contributed by atoms with E-state index in [1.807, 2.05) is 26.2 Å². The molecule has 0 aliphatic carbocycles. The molecule has 1 heterocycles. The number of hydrogen-bond acceptors (Lipinski definition) is 3. The van der Waals surface area contributed by atoms with E-state index in [2.05, 4.69) is 24.2 Å². The zero-order valence-electron chi connectivity index (χ0n) is 13.1. The maximum Gasteiger partial charge on any atom is 0.123 e. The van der Waals surface area contributed by atoms with E-state index < -0.39 is 0 Å². The van der Waals surface area contributed by atoms with E-state index in [0.717, 1.165) is 53.5 Å². The van der Waals surface area contributed by atoms with E-state index >= 15 is 0 Å². The van der Waals surface area contributed by atoms with Gasteiger partial charge in [-0.3, -0.25) is 4.68 Å². The first kappa shape index (κ1) is 15.8. The van der Waals surface area contributed by atoms with Crippen LogP contribution in [-0.2, 0) is 19.9 Å². The summed E-state index contributed by atoms with van der Waals surface area (Å²) in [5, 5.41) is 8.92. The molecule has 1 aromatic carbocycles. The molecule has 5 heteroatoms. The lowest BCUT2D eigenvalue weighted by Gasteiger charge is -2.16. The van der Waals surface area contributed by atoms with E-state index in [9.17, 15) is 0 Å². The van der Waals surface area contributed by atoms with Crippen molar-refractivity contribution in [3.05, 3.63) is 39.7 Å². The fourth-order valence-electron chi connectivity index (χ4n) is 2.37. The predicted octanol–water partition coefficient (Wildman–Crippen LogP) is 3.66. The van der Waals surface area contributed by atoms with Gasteiger partial charge in [-0.05, 0) is 55.9 Å². The summed E-state index contributed by atoms with van der Waals surface area (Å²) in [5.74, 6) is 0.945. The number of halogens is 1. The van der Waals surface area contributed by atoms with Gasteiger partial charge in [0.15, 0.2) is 0 Å². The van der Waals surface area contributed by atoms with Gasteiger partial charge >= 0.3 is 0 Å². The van der Waals surface area contributed by atoms with Crippen LogP contribution in [-0.4, -0.2) is 21.6 Å². The maximum atomic E-state index is 6.39. The van der Waals surface area contributed by atoms with Crippen molar-refractivity contribution < 1.29 is 4.74 Å². The number of rotatable bonds is 6. The van der Waals surface area contributed by atoms with E-state index in [1.165, 1.54) is 5.56 Å². The second-order valence-electron chi connectivity index (χ2n) is 5.34. The van der Waals surface area contributed by atoms with Gasteiger partial charge in [-0.2, -0.15) is 0 Å². The summed E-state index contributed by atoms with van der Waals surface area (Å²) in [4.78, 5) is 0. The topological polar surface area (TPSA) is 39.9 Å². The SMILES string of the molecule is CCCOc1cc(C)c(Cl)c(C)c1CCc1cn(C)nn1. The molecule has 2 rings (SSSR count). The quantitative estimate of drug-likeness (QED) is 0.817. The molecule has 0 saturated heterocycles. The van der Waals surface area contributed by atoms with Crippen LogP contribution in [0.5, 0.6) is 5.75 Å². The van der Waals surface area contributed by atoms with Crippen LogP contribution in [0.1, 0.15) is 35.7 Å². The largest absolute Gasteiger partial charge is 0.493 e. The second-order valence-corrected chi connectivity index (χ2v) is 5.72. The van der Waals surface area contributed by atoms with Crippen molar-refractivity contribution in [1.82, 2.24) is 15.0 Å². The number of benzene rings is 1. The molecule has 114 valence electrons. The van der Waals surface area contributed by atoms with Crippen molar-refractivity contribution in [1.29, 1.82) is 0 Å². The van der Waals surface area contributed by atoms with Crippen molar-refractivity contribution in [3.63, 3.8) is 0 Å². The van der Waals surface area contributed by atoms with Gasteiger partial charge in [0.2, 0.25) is 0 Å². The van der Waals surface area contributed by atoms with Gasteiger partial charge in [-0.1, -0.05) is 23.7 Å². The number of hydrogen-bond donors (Lipinski definition) is 0. The van der Waals surface area contributed by atoms with Gasteiger partial charge in [-0.15, -0.1) is 5.10 Å². The van der Waals surface area contributed by atoms with Crippen LogP contribution in [0, 0.1) is 13.8 Å². The number of ether oxygens (including phenoxy) is 1. The molecule has 0 unspecified atom stereocenters. The zero-order valence-corrected chi connectivity index (χ0v) is 13.9. The van der Waals surface area contributed by atoms with Crippen molar-refractivity contribution >= 4 is 11.6 Å². The monoisotopic (exact) mass is 307 g/mol. The minimum absolute atomic E-state index is 0.721. The van der Waals surface area contributed by atoms with Crippen LogP contribution in [0.3, 0.4) is 0 Å². The molecular formula is C16H22ClN3O. The summed E-state index contributed by atoms with van der Waals surface area (Å²) in [6.07, 6.45) is 4.61. The molecule has 1 aromatic heterocycles. The fraction of sp³-hybridized carbons (Fsp3) is 0.500. The van der Waals surface area contributed by atoms with Gasteiger partial charge in [0, 0.05) is 18.3 Å². The summed E-state index contributed by atoms with van der Waals surface area (Å²) >= 11 is 6.39. The molecule has 0 saturated carbocycles. The smallest absolute Gasteiger partial charge is 0.123 e. The van der Waals surface area contributed by atoms with Crippen molar-refractivity contribution in [2.24, 2.45) is 7.05 Å². The molecule has 2 aromatic rings. The standard InChI is InChI=1S/C16H22ClN3O/c1-5-8-21-15-9-11(2)16(17)12(3)14(15)7-6-13-10-20(4)19-18-13/h9-10H,5-8H2,1-4H3. The number of aryl methyl sites for hydroxylation is 3. The molecule has 0 atom stereocenters. The summed E-state index contributed by atoms with van der Waals surface area (Å²) in [6.45, 7) is 6.90. The third kappa shape index (κ3) is 3.76. The molecule has 0 aliphatic rings. The number of aromatic nitrogens is 3. The Kier molecular flexibility index (Phi) is 5.23. The third-order valence-electron chi connectivity index (χ3n) is 3.52. The van der Waals surface area contributed by atoms with Crippen LogP contribution in [0.25, 0.3) is 0 Å². The first-order valence-corrected chi connectivity index (χ1v) is 7.67. The Bertz CT molecular complexity index is 622. The average molecular weight is 308 g/mol.